The van der Waals surface area contributed by atoms with Gasteiger partial charge in [-0.05, 0) is 67.4 Å². The van der Waals surface area contributed by atoms with E-state index in [0.29, 0.717) is 10.8 Å². The lowest BCUT2D eigenvalue weighted by molar-refractivity contribution is -0.113. The van der Waals surface area contributed by atoms with Crippen molar-refractivity contribution in [2.45, 2.75) is 20.8 Å². The molecule has 0 saturated carbocycles. The number of nitrogens with one attached hydrogen (secondary N) is 1. The fraction of sp³-hybridized carbons (Fsp3) is 0.158. The van der Waals surface area contributed by atoms with Crippen molar-refractivity contribution in [3.05, 3.63) is 70.4 Å². The highest BCUT2D eigenvalue weighted by Gasteiger charge is 2.32. The van der Waals surface area contributed by atoms with Gasteiger partial charge in [-0.15, -0.1) is 0 Å². The molecular weight excluding hydrogens is 304 g/mol. The summed E-state index contributed by atoms with van der Waals surface area (Å²) in [7, 11) is 0. The first-order valence-electron chi connectivity index (χ1n) is 7.48. The Morgan fingerprint density at radius 2 is 1.70 bits per heavy atom. The SMILES string of the molecule is Cc1ccccc1/C=C1/NC(=S)N(c2cccc(C)c2C)C1=O. The van der Waals surface area contributed by atoms with Crippen LogP contribution in [0.5, 0.6) is 0 Å². The van der Waals surface area contributed by atoms with Crippen LogP contribution >= 0.6 is 12.2 Å². The van der Waals surface area contributed by atoms with E-state index in [4.69, 9.17) is 12.2 Å². The normalized spacial score (nSPS) is 16.1. The summed E-state index contributed by atoms with van der Waals surface area (Å²) in [5.74, 6) is -0.119. The third-order valence-electron chi connectivity index (χ3n) is 4.18. The standard InChI is InChI=1S/C19H18N2OS/c1-12-8-6-10-17(14(12)3)21-18(22)16(20-19(21)23)11-15-9-5-4-7-13(15)2/h4-11H,1-3H3,(H,20,23)/b16-11+. The minimum atomic E-state index is -0.119. The van der Waals surface area contributed by atoms with E-state index < -0.39 is 0 Å². The van der Waals surface area contributed by atoms with Crippen LogP contribution in [-0.2, 0) is 4.79 Å². The number of hydrogen-bond donors (Lipinski definition) is 1. The minimum absolute atomic E-state index is 0.119. The van der Waals surface area contributed by atoms with Gasteiger partial charge in [-0.2, -0.15) is 0 Å². The first-order chi connectivity index (χ1) is 11.0. The van der Waals surface area contributed by atoms with Gasteiger partial charge >= 0.3 is 0 Å². The molecule has 0 atom stereocenters. The van der Waals surface area contributed by atoms with Gasteiger partial charge in [-0.1, -0.05) is 36.4 Å². The molecule has 4 heteroatoms. The highest BCUT2D eigenvalue weighted by molar-refractivity contribution is 7.80. The largest absolute Gasteiger partial charge is 0.327 e. The van der Waals surface area contributed by atoms with Gasteiger partial charge in [0.2, 0.25) is 0 Å². The summed E-state index contributed by atoms with van der Waals surface area (Å²) in [5.41, 5.74) is 5.65. The molecule has 1 amide bonds. The average Bonchev–Trinajstić information content (AvgIpc) is 2.79. The van der Waals surface area contributed by atoms with Crippen molar-refractivity contribution >= 4 is 35.0 Å². The lowest BCUT2D eigenvalue weighted by atomic mass is 10.1. The Morgan fingerprint density at radius 1 is 1.00 bits per heavy atom. The molecule has 0 spiro atoms. The Balaban J connectivity index is 2.01. The van der Waals surface area contributed by atoms with Crippen molar-refractivity contribution in [3.8, 4) is 0 Å². The summed E-state index contributed by atoms with van der Waals surface area (Å²) >= 11 is 5.38. The van der Waals surface area contributed by atoms with E-state index in [1.54, 1.807) is 4.90 Å². The Labute approximate surface area is 141 Å². The molecular formula is C19H18N2OS. The molecule has 0 radical (unpaired) electrons. The van der Waals surface area contributed by atoms with Crippen LogP contribution in [0, 0.1) is 20.8 Å². The molecule has 23 heavy (non-hydrogen) atoms. The molecule has 3 nitrogen and oxygen atoms in total. The summed E-state index contributed by atoms with van der Waals surface area (Å²) in [5, 5.41) is 3.46. The predicted octanol–water partition coefficient (Wildman–Crippen LogP) is 3.87. The van der Waals surface area contributed by atoms with E-state index in [1.807, 2.05) is 69.3 Å². The highest BCUT2D eigenvalue weighted by atomic mass is 32.1. The summed E-state index contributed by atoms with van der Waals surface area (Å²) in [6, 6.07) is 13.8. The molecule has 0 unspecified atom stereocenters. The van der Waals surface area contributed by atoms with Crippen LogP contribution in [0.3, 0.4) is 0 Å². The van der Waals surface area contributed by atoms with E-state index in [9.17, 15) is 4.79 Å². The quantitative estimate of drug-likeness (QED) is 0.673. The third-order valence-corrected chi connectivity index (χ3v) is 4.47. The van der Waals surface area contributed by atoms with Gasteiger partial charge in [0, 0.05) is 0 Å². The Hall–Kier alpha value is -2.46. The molecule has 1 N–H and O–H groups in total. The third kappa shape index (κ3) is 2.78. The van der Waals surface area contributed by atoms with Crippen LogP contribution in [0.25, 0.3) is 6.08 Å². The van der Waals surface area contributed by atoms with Crippen molar-refractivity contribution < 1.29 is 4.79 Å². The number of thiocarbonyl (C=S) groups is 1. The number of nitrogens with zero attached hydrogens (tertiary/aromatic N) is 1. The maximum Gasteiger partial charge on any atom is 0.281 e. The summed E-state index contributed by atoms with van der Waals surface area (Å²) in [6.45, 7) is 6.05. The molecule has 1 saturated heterocycles. The molecule has 0 aliphatic carbocycles. The minimum Gasteiger partial charge on any atom is -0.327 e. The number of anilines is 1. The molecule has 2 aromatic rings. The number of aryl methyl sites for hydroxylation is 2. The first-order valence-corrected chi connectivity index (χ1v) is 7.89. The van der Waals surface area contributed by atoms with E-state index >= 15 is 0 Å². The first kappa shape index (κ1) is 15.4. The summed E-state index contributed by atoms with van der Waals surface area (Å²) in [4.78, 5) is 14.4. The molecule has 0 aromatic heterocycles. The molecule has 1 aliphatic heterocycles. The fourth-order valence-electron chi connectivity index (χ4n) is 2.64. The highest BCUT2D eigenvalue weighted by Crippen LogP contribution is 2.27. The van der Waals surface area contributed by atoms with Crippen LogP contribution in [-0.4, -0.2) is 11.0 Å². The van der Waals surface area contributed by atoms with Crippen molar-refractivity contribution in [2.24, 2.45) is 0 Å². The second kappa shape index (κ2) is 5.97. The topological polar surface area (TPSA) is 32.3 Å². The van der Waals surface area contributed by atoms with Crippen molar-refractivity contribution in [1.29, 1.82) is 0 Å². The summed E-state index contributed by atoms with van der Waals surface area (Å²) in [6.07, 6.45) is 1.86. The molecule has 1 fully saturated rings. The number of hydrogen-bond acceptors (Lipinski definition) is 2. The average molecular weight is 322 g/mol. The second-order valence-electron chi connectivity index (χ2n) is 5.70. The van der Waals surface area contributed by atoms with Crippen molar-refractivity contribution in [2.75, 3.05) is 4.90 Å². The van der Waals surface area contributed by atoms with Crippen LogP contribution in [0.2, 0.25) is 0 Å². The fourth-order valence-corrected chi connectivity index (χ4v) is 2.93. The van der Waals surface area contributed by atoms with Gasteiger partial charge in [0.25, 0.3) is 5.91 Å². The zero-order valence-corrected chi connectivity index (χ0v) is 14.2. The molecule has 1 aliphatic rings. The van der Waals surface area contributed by atoms with Gasteiger partial charge in [-0.3, -0.25) is 9.69 Å². The number of carbonyl (C=O) groups excluding carboxylic acids is 1. The molecule has 2 aromatic carbocycles. The van der Waals surface area contributed by atoms with Gasteiger partial charge in [-0.25, -0.2) is 0 Å². The monoisotopic (exact) mass is 322 g/mol. The lowest BCUT2D eigenvalue weighted by Crippen LogP contribution is -2.31. The van der Waals surface area contributed by atoms with E-state index in [2.05, 4.69) is 5.32 Å². The number of amides is 1. The number of rotatable bonds is 2. The Morgan fingerprint density at radius 3 is 2.43 bits per heavy atom. The lowest BCUT2D eigenvalue weighted by Gasteiger charge is -2.18. The Kier molecular flexibility index (Phi) is 4.01. The number of benzene rings is 2. The second-order valence-corrected chi connectivity index (χ2v) is 6.09. The zero-order valence-electron chi connectivity index (χ0n) is 13.4. The molecule has 1 heterocycles. The van der Waals surface area contributed by atoms with Gasteiger partial charge in [0.1, 0.15) is 5.70 Å². The van der Waals surface area contributed by atoms with E-state index in [-0.39, 0.29) is 5.91 Å². The van der Waals surface area contributed by atoms with Crippen LogP contribution < -0.4 is 10.2 Å². The maximum absolute atomic E-state index is 12.8. The van der Waals surface area contributed by atoms with Gasteiger partial charge in [0.15, 0.2) is 5.11 Å². The summed E-state index contributed by atoms with van der Waals surface area (Å²) < 4.78 is 0. The van der Waals surface area contributed by atoms with E-state index in [0.717, 1.165) is 27.9 Å². The predicted molar refractivity (Wildman–Crippen MR) is 98.3 cm³/mol. The molecule has 0 bridgehead atoms. The van der Waals surface area contributed by atoms with Crippen molar-refractivity contribution in [3.63, 3.8) is 0 Å². The van der Waals surface area contributed by atoms with Crippen LogP contribution in [0.15, 0.2) is 48.2 Å². The smallest absolute Gasteiger partial charge is 0.281 e. The van der Waals surface area contributed by atoms with Crippen molar-refractivity contribution in [1.82, 2.24) is 5.32 Å². The van der Waals surface area contributed by atoms with Crippen LogP contribution in [0.1, 0.15) is 22.3 Å². The molecule has 116 valence electrons. The Bertz CT molecular complexity index is 839. The molecule has 3 rings (SSSR count). The van der Waals surface area contributed by atoms with Crippen LogP contribution in [0.4, 0.5) is 5.69 Å². The zero-order chi connectivity index (χ0) is 16.6. The number of carbonyl (C=O) groups is 1. The van der Waals surface area contributed by atoms with E-state index in [1.165, 1.54) is 0 Å². The van der Waals surface area contributed by atoms with Gasteiger partial charge in [0.05, 0.1) is 5.69 Å². The van der Waals surface area contributed by atoms with Gasteiger partial charge < -0.3 is 5.32 Å². The maximum atomic E-state index is 12.8.